The summed E-state index contributed by atoms with van der Waals surface area (Å²) in [6.07, 6.45) is 0.608. The molecule has 1 aromatic carbocycles. The summed E-state index contributed by atoms with van der Waals surface area (Å²) in [5.41, 5.74) is 0.962. The van der Waals surface area contributed by atoms with Gasteiger partial charge in [-0.15, -0.1) is 0 Å². The lowest BCUT2D eigenvalue weighted by Crippen LogP contribution is -2.11. The maximum Gasteiger partial charge on any atom is 0.303 e. The number of hydrogen-bond donors (Lipinski definition) is 1. The molecule has 1 aliphatic rings. The van der Waals surface area contributed by atoms with Crippen LogP contribution in [-0.2, 0) is 9.63 Å². The van der Waals surface area contributed by atoms with Crippen molar-refractivity contribution in [1.82, 2.24) is 0 Å². The standard InChI is InChI=1S/C12H12FNO3/c13-10-4-2-1-3-9(10)11-7-8(17-14-11)5-6-12(15)16/h1-4,8H,5-7H2,(H,15,16). The van der Waals surface area contributed by atoms with Gasteiger partial charge in [-0.1, -0.05) is 23.4 Å². The fourth-order valence-electron chi connectivity index (χ4n) is 1.72. The normalized spacial score (nSPS) is 18.6. The molecular weight excluding hydrogens is 225 g/mol. The molecule has 0 amide bonds. The molecule has 0 radical (unpaired) electrons. The number of carboxylic acid groups (broad SMARTS) is 1. The number of nitrogens with zero attached hydrogens (tertiary/aromatic N) is 1. The quantitative estimate of drug-likeness (QED) is 0.873. The van der Waals surface area contributed by atoms with E-state index in [9.17, 15) is 9.18 Å². The number of carbonyl (C=O) groups is 1. The van der Waals surface area contributed by atoms with Crippen molar-refractivity contribution in [2.75, 3.05) is 0 Å². The second kappa shape index (κ2) is 4.95. The molecule has 0 spiro atoms. The third kappa shape index (κ3) is 2.81. The maximum atomic E-state index is 13.5. The van der Waals surface area contributed by atoms with Gasteiger partial charge in [0.25, 0.3) is 0 Å². The van der Waals surface area contributed by atoms with Crippen LogP contribution in [0.25, 0.3) is 0 Å². The van der Waals surface area contributed by atoms with Crippen LogP contribution in [-0.4, -0.2) is 22.9 Å². The predicted octanol–water partition coefficient (Wildman–Crippen LogP) is 2.18. The summed E-state index contributed by atoms with van der Waals surface area (Å²) in [6.45, 7) is 0. The van der Waals surface area contributed by atoms with E-state index in [4.69, 9.17) is 9.94 Å². The highest BCUT2D eigenvalue weighted by molar-refractivity contribution is 6.01. The van der Waals surface area contributed by atoms with E-state index in [0.717, 1.165) is 0 Å². The number of benzene rings is 1. The fourth-order valence-corrected chi connectivity index (χ4v) is 1.72. The third-order valence-corrected chi connectivity index (χ3v) is 2.60. The Morgan fingerprint density at radius 1 is 1.53 bits per heavy atom. The molecule has 2 rings (SSSR count). The molecule has 1 aliphatic heterocycles. The highest BCUT2D eigenvalue weighted by atomic mass is 19.1. The van der Waals surface area contributed by atoms with Gasteiger partial charge in [0, 0.05) is 18.4 Å². The Kier molecular flexibility index (Phi) is 3.37. The zero-order valence-corrected chi connectivity index (χ0v) is 9.10. The Hall–Kier alpha value is -1.91. The number of hydrogen-bond acceptors (Lipinski definition) is 3. The van der Waals surface area contributed by atoms with Gasteiger partial charge in [0.2, 0.25) is 0 Å². The van der Waals surface area contributed by atoms with Crippen molar-refractivity contribution in [3.8, 4) is 0 Å². The SMILES string of the molecule is O=C(O)CCC1CC(c2ccccc2F)=NO1. The summed E-state index contributed by atoms with van der Waals surface area (Å²) in [6, 6.07) is 6.34. The molecule has 1 N–H and O–H groups in total. The lowest BCUT2D eigenvalue weighted by molar-refractivity contribution is -0.137. The number of aliphatic carboxylic acids is 1. The van der Waals surface area contributed by atoms with Crippen molar-refractivity contribution in [2.24, 2.45) is 5.16 Å². The Morgan fingerprint density at radius 3 is 3.00 bits per heavy atom. The van der Waals surface area contributed by atoms with Crippen LogP contribution in [0.15, 0.2) is 29.4 Å². The predicted molar refractivity (Wildman–Crippen MR) is 59.3 cm³/mol. The molecule has 17 heavy (non-hydrogen) atoms. The minimum absolute atomic E-state index is 0.0325. The van der Waals surface area contributed by atoms with Gasteiger partial charge in [0.05, 0.1) is 5.71 Å². The summed E-state index contributed by atoms with van der Waals surface area (Å²) in [7, 11) is 0. The van der Waals surface area contributed by atoms with E-state index in [2.05, 4.69) is 5.16 Å². The van der Waals surface area contributed by atoms with E-state index in [0.29, 0.717) is 24.1 Å². The average molecular weight is 237 g/mol. The average Bonchev–Trinajstić information content (AvgIpc) is 2.75. The summed E-state index contributed by atoms with van der Waals surface area (Å²) >= 11 is 0. The van der Waals surface area contributed by atoms with E-state index in [1.165, 1.54) is 6.07 Å². The van der Waals surface area contributed by atoms with Crippen LogP contribution in [0.5, 0.6) is 0 Å². The molecule has 5 heteroatoms. The van der Waals surface area contributed by atoms with Crippen molar-refractivity contribution in [2.45, 2.75) is 25.4 Å². The Balaban J connectivity index is 1.98. The molecule has 0 aliphatic carbocycles. The second-order valence-corrected chi connectivity index (χ2v) is 3.88. The van der Waals surface area contributed by atoms with Crippen molar-refractivity contribution >= 4 is 11.7 Å². The van der Waals surface area contributed by atoms with Crippen LogP contribution in [0.4, 0.5) is 4.39 Å². The molecule has 0 aromatic heterocycles. The zero-order valence-electron chi connectivity index (χ0n) is 9.10. The Morgan fingerprint density at radius 2 is 2.29 bits per heavy atom. The van der Waals surface area contributed by atoms with Crippen LogP contribution in [0.2, 0.25) is 0 Å². The minimum Gasteiger partial charge on any atom is -0.481 e. The maximum absolute atomic E-state index is 13.5. The van der Waals surface area contributed by atoms with Gasteiger partial charge in [-0.05, 0) is 12.5 Å². The molecule has 0 saturated carbocycles. The molecule has 4 nitrogen and oxygen atoms in total. The molecule has 0 fully saturated rings. The van der Waals surface area contributed by atoms with E-state index in [-0.39, 0.29) is 18.3 Å². The van der Waals surface area contributed by atoms with Crippen LogP contribution >= 0.6 is 0 Å². The highest BCUT2D eigenvalue weighted by Gasteiger charge is 2.24. The van der Waals surface area contributed by atoms with E-state index < -0.39 is 5.97 Å². The molecule has 0 bridgehead atoms. The molecule has 1 heterocycles. The fraction of sp³-hybridized carbons (Fsp3) is 0.333. The topological polar surface area (TPSA) is 58.9 Å². The van der Waals surface area contributed by atoms with E-state index in [1.807, 2.05) is 0 Å². The Bertz CT molecular complexity index is 459. The summed E-state index contributed by atoms with van der Waals surface area (Å²) in [5.74, 6) is -1.21. The first-order chi connectivity index (χ1) is 8.16. The summed E-state index contributed by atoms with van der Waals surface area (Å²) in [5, 5.41) is 12.4. The molecule has 1 aromatic rings. The first-order valence-corrected chi connectivity index (χ1v) is 5.36. The van der Waals surface area contributed by atoms with Crippen LogP contribution in [0.1, 0.15) is 24.8 Å². The molecule has 90 valence electrons. The van der Waals surface area contributed by atoms with Gasteiger partial charge in [0.15, 0.2) is 0 Å². The van der Waals surface area contributed by atoms with Gasteiger partial charge >= 0.3 is 5.97 Å². The monoisotopic (exact) mass is 237 g/mol. The van der Waals surface area contributed by atoms with Crippen molar-refractivity contribution < 1.29 is 19.1 Å². The minimum atomic E-state index is -0.868. The van der Waals surface area contributed by atoms with Gasteiger partial charge < -0.3 is 9.94 Å². The lowest BCUT2D eigenvalue weighted by Gasteiger charge is -2.05. The smallest absolute Gasteiger partial charge is 0.303 e. The van der Waals surface area contributed by atoms with Crippen LogP contribution < -0.4 is 0 Å². The van der Waals surface area contributed by atoms with Crippen molar-refractivity contribution in [3.05, 3.63) is 35.6 Å². The highest BCUT2D eigenvalue weighted by Crippen LogP contribution is 2.21. The van der Waals surface area contributed by atoms with E-state index in [1.54, 1.807) is 18.2 Å². The molecule has 1 atom stereocenters. The van der Waals surface area contributed by atoms with Gasteiger partial charge in [-0.3, -0.25) is 4.79 Å². The van der Waals surface area contributed by atoms with Crippen LogP contribution in [0, 0.1) is 5.82 Å². The first kappa shape index (κ1) is 11.6. The zero-order chi connectivity index (χ0) is 12.3. The number of halogens is 1. The third-order valence-electron chi connectivity index (χ3n) is 2.60. The number of oxime groups is 1. The Labute approximate surface area is 97.7 Å². The molecule has 1 unspecified atom stereocenters. The lowest BCUT2D eigenvalue weighted by atomic mass is 10.0. The van der Waals surface area contributed by atoms with Gasteiger partial charge in [-0.25, -0.2) is 4.39 Å². The summed E-state index contributed by atoms with van der Waals surface area (Å²) < 4.78 is 13.5. The van der Waals surface area contributed by atoms with Gasteiger partial charge in [0.1, 0.15) is 11.9 Å². The van der Waals surface area contributed by atoms with Gasteiger partial charge in [-0.2, -0.15) is 0 Å². The largest absolute Gasteiger partial charge is 0.481 e. The van der Waals surface area contributed by atoms with Crippen LogP contribution in [0.3, 0.4) is 0 Å². The van der Waals surface area contributed by atoms with E-state index >= 15 is 0 Å². The molecule has 0 saturated heterocycles. The number of carboxylic acids is 1. The number of rotatable bonds is 4. The molecular formula is C12H12FNO3. The van der Waals surface area contributed by atoms with Crippen molar-refractivity contribution in [1.29, 1.82) is 0 Å². The van der Waals surface area contributed by atoms with Crippen molar-refractivity contribution in [3.63, 3.8) is 0 Å². The first-order valence-electron chi connectivity index (χ1n) is 5.36. The second-order valence-electron chi connectivity index (χ2n) is 3.88. The summed E-state index contributed by atoms with van der Waals surface area (Å²) in [4.78, 5) is 15.5.